The number of rotatable bonds is 10. The van der Waals surface area contributed by atoms with Gasteiger partial charge in [-0.05, 0) is 102 Å². The van der Waals surface area contributed by atoms with Crippen LogP contribution in [-0.4, -0.2) is 73.4 Å². The van der Waals surface area contributed by atoms with Gasteiger partial charge in [0.1, 0.15) is 18.0 Å². The van der Waals surface area contributed by atoms with Crippen LogP contribution < -0.4 is 9.62 Å². The number of aryl methyl sites for hydroxylation is 1. The summed E-state index contributed by atoms with van der Waals surface area (Å²) < 4.78 is 36.1. The van der Waals surface area contributed by atoms with Gasteiger partial charge >= 0.3 is 5.97 Å². The number of hydrogen-bond acceptors (Lipinski definition) is 8. The molecular formula is C29H35ClN6O4S. The van der Waals surface area contributed by atoms with E-state index in [2.05, 4.69) is 20.4 Å². The lowest BCUT2D eigenvalue weighted by molar-refractivity contribution is -0.152. The van der Waals surface area contributed by atoms with Crippen LogP contribution in [0.15, 0.2) is 65.7 Å². The summed E-state index contributed by atoms with van der Waals surface area (Å²) in [5.41, 5.74) is 1.01. The predicted molar refractivity (Wildman–Crippen MR) is 162 cm³/mol. The molecule has 0 unspecified atom stereocenters. The number of carbonyl (C=O) groups is 1. The largest absolute Gasteiger partial charge is 0.459 e. The fraction of sp³-hybridized carbons (Fsp3) is 0.345. The number of benzene rings is 2. The maximum absolute atomic E-state index is 13.9. The Morgan fingerprint density at radius 1 is 1.05 bits per heavy atom. The highest BCUT2D eigenvalue weighted by Gasteiger charge is 2.30. The fourth-order valence-electron chi connectivity index (χ4n) is 4.23. The Labute approximate surface area is 245 Å². The van der Waals surface area contributed by atoms with Crippen molar-refractivity contribution in [3.63, 3.8) is 0 Å². The van der Waals surface area contributed by atoms with Gasteiger partial charge in [0.15, 0.2) is 5.82 Å². The number of hydrogen-bond donors (Lipinski definition) is 1. The lowest BCUT2D eigenvalue weighted by Crippen LogP contribution is -2.39. The zero-order chi connectivity index (χ0) is 29.9. The zero-order valence-electron chi connectivity index (χ0n) is 24.1. The number of sulfonamides is 1. The molecular weight excluding hydrogens is 564 g/mol. The number of nitrogens with one attached hydrogen (secondary N) is 1. The summed E-state index contributed by atoms with van der Waals surface area (Å²) in [6.07, 6.45) is 1.84. The number of esters is 1. The maximum atomic E-state index is 13.9. The van der Waals surface area contributed by atoms with Gasteiger partial charge in [0.25, 0.3) is 10.0 Å². The molecule has 0 saturated carbocycles. The molecule has 218 valence electrons. The van der Waals surface area contributed by atoms with E-state index in [0.29, 0.717) is 22.9 Å². The molecule has 4 rings (SSSR count). The molecule has 0 amide bonds. The first-order valence-electron chi connectivity index (χ1n) is 13.1. The van der Waals surface area contributed by atoms with Gasteiger partial charge in [-0.15, -0.1) is 10.2 Å². The number of carbonyl (C=O) groups excluding carboxylic acids is 1. The SMILES string of the molecule is Cc1cc(Cl)cc(S(=O)(=O)N(CC(=O)OC(C)(C)C)c2ccc3c(ccn3-c3ccc(NCCN(C)C)nn3)c2)c1. The van der Waals surface area contributed by atoms with Crippen molar-refractivity contribution in [1.29, 1.82) is 0 Å². The minimum atomic E-state index is -4.17. The smallest absolute Gasteiger partial charge is 0.327 e. The summed E-state index contributed by atoms with van der Waals surface area (Å²) >= 11 is 6.19. The van der Waals surface area contributed by atoms with Gasteiger partial charge in [0, 0.05) is 29.7 Å². The van der Waals surface area contributed by atoms with Crippen LogP contribution in [0, 0.1) is 6.92 Å². The van der Waals surface area contributed by atoms with E-state index in [1.54, 1.807) is 52.0 Å². The van der Waals surface area contributed by atoms with E-state index in [4.69, 9.17) is 16.3 Å². The minimum Gasteiger partial charge on any atom is -0.459 e. The summed E-state index contributed by atoms with van der Waals surface area (Å²) in [5, 5.41) is 12.9. The van der Waals surface area contributed by atoms with Crippen molar-refractivity contribution < 1.29 is 17.9 Å². The van der Waals surface area contributed by atoms with Gasteiger partial charge in [0.05, 0.1) is 16.1 Å². The second-order valence-corrected chi connectivity index (χ2v) is 13.3. The van der Waals surface area contributed by atoms with Gasteiger partial charge in [-0.25, -0.2) is 8.42 Å². The van der Waals surface area contributed by atoms with E-state index in [1.807, 2.05) is 43.1 Å². The van der Waals surface area contributed by atoms with Crippen molar-refractivity contribution >= 4 is 50.0 Å². The van der Waals surface area contributed by atoms with E-state index in [-0.39, 0.29) is 9.92 Å². The summed E-state index contributed by atoms with van der Waals surface area (Å²) in [6, 6.07) is 15.3. The zero-order valence-corrected chi connectivity index (χ0v) is 25.6. The van der Waals surface area contributed by atoms with E-state index >= 15 is 0 Å². The van der Waals surface area contributed by atoms with Crippen molar-refractivity contribution in [3.8, 4) is 5.82 Å². The van der Waals surface area contributed by atoms with Crippen molar-refractivity contribution in [3.05, 3.63) is 71.4 Å². The molecule has 41 heavy (non-hydrogen) atoms. The highest BCUT2D eigenvalue weighted by Crippen LogP contribution is 2.30. The number of fused-ring (bicyclic) bond motifs is 1. The molecule has 0 bridgehead atoms. The van der Waals surface area contributed by atoms with Crippen LogP contribution in [0.3, 0.4) is 0 Å². The van der Waals surface area contributed by atoms with Gasteiger partial charge < -0.3 is 15.0 Å². The molecule has 0 saturated heterocycles. The van der Waals surface area contributed by atoms with Crippen LogP contribution in [-0.2, 0) is 19.6 Å². The molecule has 0 fully saturated rings. The van der Waals surface area contributed by atoms with E-state index < -0.39 is 28.1 Å². The normalized spacial score (nSPS) is 12.1. The van der Waals surface area contributed by atoms with Gasteiger partial charge in [-0.3, -0.25) is 13.7 Å². The van der Waals surface area contributed by atoms with E-state index in [0.717, 1.165) is 28.3 Å². The monoisotopic (exact) mass is 598 g/mol. The summed E-state index contributed by atoms with van der Waals surface area (Å²) in [7, 11) is -0.166. The number of nitrogens with zero attached hydrogens (tertiary/aromatic N) is 5. The molecule has 0 aliphatic rings. The molecule has 2 aromatic carbocycles. The maximum Gasteiger partial charge on any atom is 0.327 e. The summed E-state index contributed by atoms with van der Waals surface area (Å²) in [6.45, 7) is 8.05. The number of ether oxygens (including phenoxy) is 1. The molecule has 0 atom stereocenters. The summed E-state index contributed by atoms with van der Waals surface area (Å²) in [4.78, 5) is 14.9. The Balaban J connectivity index is 1.68. The number of halogens is 1. The average molecular weight is 599 g/mol. The van der Waals surface area contributed by atoms with Crippen molar-refractivity contribution in [1.82, 2.24) is 19.7 Å². The highest BCUT2D eigenvalue weighted by atomic mass is 35.5. The number of likely N-dealkylation sites (N-methyl/N-ethyl adjacent to an activating group) is 1. The first-order chi connectivity index (χ1) is 19.2. The first-order valence-corrected chi connectivity index (χ1v) is 14.9. The lowest BCUT2D eigenvalue weighted by Gasteiger charge is -2.26. The van der Waals surface area contributed by atoms with Crippen molar-refractivity contribution in [2.45, 2.75) is 38.2 Å². The van der Waals surface area contributed by atoms with Gasteiger partial charge in [-0.1, -0.05) is 11.6 Å². The molecule has 0 radical (unpaired) electrons. The van der Waals surface area contributed by atoms with Gasteiger partial charge in [-0.2, -0.15) is 0 Å². The molecule has 1 N–H and O–H groups in total. The quantitative estimate of drug-likeness (QED) is 0.257. The predicted octanol–water partition coefficient (Wildman–Crippen LogP) is 4.89. The molecule has 0 aliphatic carbocycles. The van der Waals surface area contributed by atoms with Crippen LogP contribution in [0.2, 0.25) is 5.02 Å². The lowest BCUT2D eigenvalue weighted by atomic mass is 10.2. The molecule has 10 nitrogen and oxygen atoms in total. The van der Waals surface area contributed by atoms with Crippen LogP contribution in [0.4, 0.5) is 11.5 Å². The third-order valence-corrected chi connectivity index (χ3v) is 7.99. The molecule has 4 aromatic rings. The van der Waals surface area contributed by atoms with E-state index in [9.17, 15) is 13.2 Å². The third-order valence-electron chi connectivity index (χ3n) is 6.02. The minimum absolute atomic E-state index is 0.0155. The Bertz CT molecular complexity index is 1630. The van der Waals surface area contributed by atoms with Crippen molar-refractivity contribution in [2.24, 2.45) is 0 Å². The second kappa shape index (κ2) is 12.1. The van der Waals surface area contributed by atoms with Crippen LogP contribution in [0.25, 0.3) is 16.7 Å². The van der Waals surface area contributed by atoms with Crippen molar-refractivity contribution in [2.75, 3.05) is 43.4 Å². The Morgan fingerprint density at radius 2 is 1.80 bits per heavy atom. The van der Waals surface area contributed by atoms with Gasteiger partial charge in [0.2, 0.25) is 0 Å². The second-order valence-electron chi connectivity index (χ2n) is 11.0. The first kappa shape index (κ1) is 30.3. The van der Waals surface area contributed by atoms with Crippen LogP contribution in [0.1, 0.15) is 26.3 Å². The Morgan fingerprint density at radius 3 is 2.44 bits per heavy atom. The molecule has 0 aliphatic heterocycles. The number of anilines is 2. The standard InChI is InChI=1S/C29H35ClN6O4S/c1-20-15-22(30)18-24(16-20)41(38,39)36(19-28(37)40-29(2,3)4)23-7-8-25-21(17-23)11-13-35(25)27-10-9-26(32-33-27)31-12-14-34(5)6/h7-11,13,15-18H,12,14,19H2,1-6H3,(H,31,32). The van der Waals surface area contributed by atoms with Crippen LogP contribution in [0.5, 0.6) is 0 Å². The topological polar surface area (TPSA) is 110 Å². The van der Waals surface area contributed by atoms with Crippen LogP contribution >= 0.6 is 11.6 Å². The average Bonchev–Trinajstić information content (AvgIpc) is 3.29. The molecule has 0 spiro atoms. The number of aromatic nitrogens is 3. The molecule has 2 aromatic heterocycles. The Hall–Kier alpha value is -3.67. The Kier molecular flexibility index (Phi) is 8.91. The molecule has 12 heteroatoms. The van der Waals surface area contributed by atoms with E-state index in [1.165, 1.54) is 12.1 Å². The summed E-state index contributed by atoms with van der Waals surface area (Å²) in [5.74, 6) is 0.610. The fourth-order valence-corrected chi connectivity index (χ4v) is 6.11. The highest BCUT2D eigenvalue weighted by molar-refractivity contribution is 7.92. The third kappa shape index (κ3) is 7.55. The molecule has 2 heterocycles.